The first-order valence-corrected chi connectivity index (χ1v) is 7.08. The van der Waals surface area contributed by atoms with Crippen LogP contribution in [0.4, 0.5) is 0 Å². The number of allylic oxidation sites excluding steroid dienone is 4. The van der Waals surface area contributed by atoms with Gasteiger partial charge in [0.05, 0.1) is 7.11 Å². The van der Waals surface area contributed by atoms with Gasteiger partial charge in [0.15, 0.2) is 0 Å². The zero-order valence-electron chi connectivity index (χ0n) is 12.9. The Morgan fingerprint density at radius 1 is 1.05 bits per heavy atom. The lowest BCUT2D eigenvalue weighted by molar-refractivity contribution is -0.136. The van der Waals surface area contributed by atoms with Crippen LogP contribution in [0, 0.1) is 0 Å². The predicted molar refractivity (Wildman–Crippen MR) is 82.0 cm³/mol. The molecule has 2 heteroatoms. The minimum atomic E-state index is -0.302. The van der Waals surface area contributed by atoms with E-state index in [9.17, 15) is 4.79 Å². The Balaban J connectivity index is 3.92. The van der Waals surface area contributed by atoms with Crippen LogP contribution >= 0.6 is 0 Å². The molecule has 0 aromatic heterocycles. The van der Waals surface area contributed by atoms with Gasteiger partial charge in [0.2, 0.25) is 0 Å². The van der Waals surface area contributed by atoms with Crippen molar-refractivity contribution >= 4 is 5.97 Å². The fourth-order valence-electron chi connectivity index (χ4n) is 1.88. The molecule has 0 aromatic rings. The Hall–Kier alpha value is -1.31. The highest BCUT2D eigenvalue weighted by atomic mass is 16.5. The maximum atomic E-state index is 11.1. The lowest BCUT2D eigenvalue weighted by atomic mass is 10.1. The van der Waals surface area contributed by atoms with Crippen LogP contribution in [-0.4, -0.2) is 13.1 Å². The average Bonchev–Trinajstić information content (AvgIpc) is 2.37. The molecule has 2 nitrogen and oxygen atoms in total. The summed E-state index contributed by atoms with van der Waals surface area (Å²) in [6, 6.07) is 0. The predicted octanol–water partition coefficient (Wildman–Crippen LogP) is 4.97. The molecular formula is C17H28O2. The van der Waals surface area contributed by atoms with Gasteiger partial charge in [0, 0.05) is 5.57 Å². The summed E-state index contributed by atoms with van der Waals surface area (Å²) in [5.41, 5.74) is 3.40. The Kier molecular flexibility index (Phi) is 9.87. The van der Waals surface area contributed by atoms with E-state index in [4.69, 9.17) is 0 Å². The summed E-state index contributed by atoms with van der Waals surface area (Å²) in [5, 5.41) is 0. The van der Waals surface area contributed by atoms with Gasteiger partial charge in [0.1, 0.15) is 0 Å². The van der Waals surface area contributed by atoms with Crippen molar-refractivity contribution in [2.45, 2.75) is 59.3 Å². The second-order valence-corrected chi connectivity index (χ2v) is 5.02. The van der Waals surface area contributed by atoms with Gasteiger partial charge in [-0.2, -0.15) is 0 Å². The summed E-state index contributed by atoms with van der Waals surface area (Å²) in [5.74, 6) is -0.302. The average molecular weight is 264 g/mol. The number of rotatable bonds is 9. The van der Waals surface area contributed by atoms with Crippen molar-refractivity contribution in [3.05, 3.63) is 35.5 Å². The summed E-state index contributed by atoms with van der Waals surface area (Å²) in [6.07, 6.45) is 10.7. The van der Waals surface area contributed by atoms with Gasteiger partial charge in [-0.05, 0) is 46.0 Å². The zero-order chi connectivity index (χ0) is 14.7. The molecule has 0 spiro atoms. The minimum Gasteiger partial charge on any atom is -0.466 e. The topological polar surface area (TPSA) is 26.3 Å². The van der Waals surface area contributed by atoms with E-state index in [0.29, 0.717) is 12.0 Å². The third kappa shape index (κ3) is 9.29. The highest BCUT2D eigenvalue weighted by molar-refractivity contribution is 5.87. The molecule has 0 amide bonds. The molecule has 0 unspecified atom stereocenters. The van der Waals surface area contributed by atoms with Crippen molar-refractivity contribution in [3.63, 3.8) is 0 Å². The van der Waals surface area contributed by atoms with Crippen LogP contribution in [0.5, 0.6) is 0 Å². The summed E-state index contributed by atoms with van der Waals surface area (Å²) in [7, 11) is 1.39. The molecule has 0 rings (SSSR count). The quantitative estimate of drug-likeness (QED) is 0.334. The molecule has 0 radical (unpaired) electrons. The number of hydrogen-bond donors (Lipinski definition) is 0. The van der Waals surface area contributed by atoms with Gasteiger partial charge in [0.25, 0.3) is 0 Å². The Morgan fingerprint density at radius 3 is 2.11 bits per heavy atom. The number of carbonyl (C=O) groups excluding carboxylic acids is 1. The van der Waals surface area contributed by atoms with Crippen LogP contribution in [0.2, 0.25) is 0 Å². The van der Waals surface area contributed by atoms with Crippen molar-refractivity contribution in [2.24, 2.45) is 0 Å². The van der Waals surface area contributed by atoms with E-state index in [1.807, 2.05) is 0 Å². The number of methoxy groups -OCH3 is 1. The van der Waals surface area contributed by atoms with Crippen LogP contribution in [0.1, 0.15) is 59.3 Å². The Morgan fingerprint density at radius 2 is 1.58 bits per heavy atom. The third-order valence-electron chi connectivity index (χ3n) is 3.09. The van der Waals surface area contributed by atoms with Gasteiger partial charge < -0.3 is 4.74 Å². The highest BCUT2D eigenvalue weighted by Crippen LogP contribution is 2.12. The SMILES string of the molecule is C=C(CC/C=C(\C)CC/C=C(\C)CCC)C(=O)OC. The molecule has 0 N–H and O–H groups in total. The number of hydrogen-bond acceptors (Lipinski definition) is 2. The normalized spacial score (nSPS) is 12.4. The fourth-order valence-corrected chi connectivity index (χ4v) is 1.88. The molecule has 0 aromatic carbocycles. The Labute approximate surface area is 118 Å². The third-order valence-corrected chi connectivity index (χ3v) is 3.09. The minimum absolute atomic E-state index is 0.302. The molecule has 0 bridgehead atoms. The number of esters is 1. The van der Waals surface area contributed by atoms with Crippen LogP contribution in [0.25, 0.3) is 0 Å². The number of carbonyl (C=O) groups is 1. The van der Waals surface area contributed by atoms with Gasteiger partial charge in [-0.3, -0.25) is 0 Å². The molecule has 0 fully saturated rings. The summed E-state index contributed by atoms with van der Waals surface area (Å²) >= 11 is 0. The van der Waals surface area contributed by atoms with E-state index in [1.165, 1.54) is 31.1 Å². The largest absolute Gasteiger partial charge is 0.466 e. The molecule has 108 valence electrons. The van der Waals surface area contributed by atoms with Crippen LogP contribution in [0.3, 0.4) is 0 Å². The second kappa shape index (κ2) is 10.6. The molecule has 0 saturated carbocycles. The van der Waals surface area contributed by atoms with Crippen molar-refractivity contribution in [1.82, 2.24) is 0 Å². The lowest BCUT2D eigenvalue weighted by Crippen LogP contribution is -2.02. The maximum Gasteiger partial charge on any atom is 0.333 e. The van der Waals surface area contributed by atoms with Gasteiger partial charge in [-0.1, -0.05) is 43.2 Å². The molecule has 0 saturated heterocycles. The fraction of sp³-hybridized carbons (Fsp3) is 0.588. The summed E-state index contributed by atoms with van der Waals surface area (Å²) in [4.78, 5) is 11.1. The smallest absolute Gasteiger partial charge is 0.333 e. The van der Waals surface area contributed by atoms with Gasteiger partial charge >= 0.3 is 5.97 Å². The highest BCUT2D eigenvalue weighted by Gasteiger charge is 2.04. The molecule has 0 heterocycles. The van der Waals surface area contributed by atoms with E-state index in [-0.39, 0.29) is 5.97 Å². The van der Waals surface area contributed by atoms with Crippen LogP contribution < -0.4 is 0 Å². The van der Waals surface area contributed by atoms with E-state index >= 15 is 0 Å². The van der Waals surface area contributed by atoms with Crippen LogP contribution in [-0.2, 0) is 9.53 Å². The summed E-state index contributed by atoms with van der Waals surface area (Å²) < 4.78 is 4.62. The Bertz CT molecular complexity index is 348. The number of ether oxygens (including phenoxy) is 1. The van der Waals surface area contributed by atoms with E-state index in [1.54, 1.807) is 0 Å². The van der Waals surface area contributed by atoms with E-state index in [2.05, 4.69) is 44.2 Å². The second-order valence-electron chi connectivity index (χ2n) is 5.02. The van der Waals surface area contributed by atoms with Gasteiger partial charge in [-0.25, -0.2) is 4.79 Å². The molecule has 0 aliphatic carbocycles. The molecular weight excluding hydrogens is 236 g/mol. The first kappa shape index (κ1) is 17.7. The van der Waals surface area contributed by atoms with Crippen LogP contribution in [0.15, 0.2) is 35.5 Å². The van der Waals surface area contributed by atoms with Crippen molar-refractivity contribution < 1.29 is 9.53 Å². The zero-order valence-corrected chi connectivity index (χ0v) is 12.9. The van der Waals surface area contributed by atoms with E-state index < -0.39 is 0 Å². The monoisotopic (exact) mass is 264 g/mol. The van der Waals surface area contributed by atoms with E-state index in [0.717, 1.165) is 19.3 Å². The first-order chi connectivity index (χ1) is 9.01. The summed E-state index contributed by atoms with van der Waals surface area (Å²) in [6.45, 7) is 10.3. The van der Waals surface area contributed by atoms with Crippen molar-refractivity contribution in [1.29, 1.82) is 0 Å². The van der Waals surface area contributed by atoms with Gasteiger partial charge in [-0.15, -0.1) is 0 Å². The molecule has 0 aliphatic rings. The molecule has 0 aliphatic heterocycles. The van der Waals surface area contributed by atoms with Crippen molar-refractivity contribution in [3.8, 4) is 0 Å². The van der Waals surface area contributed by atoms with Crippen molar-refractivity contribution in [2.75, 3.05) is 7.11 Å². The first-order valence-electron chi connectivity index (χ1n) is 7.08. The standard InChI is InChI=1S/C17H28O2/c1-6-9-14(2)10-7-11-15(3)12-8-13-16(4)17(18)19-5/h10,12H,4,6-9,11,13H2,1-3,5H3/b14-10+,15-12+. The maximum absolute atomic E-state index is 11.1. The molecule has 19 heavy (non-hydrogen) atoms. The lowest BCUT2D eigenvalue weighted by Gasteiger charge is -2.03. The molecule has 0 atom stereocenters.